The van der Waals surface area contributed by atoms with E-state index in [1.165, 1.54) is 11.1 Å². The Morgan fingerprint density at radius 2 is 1.86 bits per heavy atom. The van der Waals surface area contributed by atoms with Gasteiger partial charge in [-0.25, -0.2) is 0 Å². The molecule has 0 aliphatic carbocycles. The Labute approximate surface area is 124 Å². The maximum absolute atomic E-state index is 12.8. The van der Waals surface area contributed by atoms with Crippen molar-refractivity contribution in [2.75, 3.05) is 11.4 Å². The highest BCUT2D eigenvalue weighted by Gasteiger charge is 2.32. The van der Waals surface area contributed by atoms with Gasteiger partial charge in [-0.05, 0) is 40.7 Å². The van der Waals surface area contributed by atoms with Crippen LogP contribution < -0.4 is 10.2 Å². The predicted molar refractivity (Wildman–Crippen MR) is 79.4 cm³/mol. The van der Waals surface area contributed by atoms with Crippen molar-refractivity contribution in [1.82, 2.24) is 10.3 Å². The molecule has 0 aliphatic heterocycles. The Bertz CT molecular complexity index is 450. The van der Waals surface area contributed by atoms with Crippen LogP contribution in [0.1, 0.15) is 40.2 Å². The summed E-state index contributed by atoms with van der Waals surface area (Å²) in [5.74, 6) is 0. The van der Waals surface area contributed by atoms with Crippen LogP contribution in [0.15, 0.2) is 18.5 Å². The van der Waals surface area contributed by atoms with E-state index in [0.717, 1.165) is 5.56 Å². The smallest absolute Gasteiger partial charge is 0.360 e. The van der Waals surface area contributed by atoms with Crippen molar-refractivity contribution < 1.29 is 13.2 Å². The Kier molecular flexibility index (Phi) is 5.61. The highest BCUT2D eigenvalue weighted by molar-refractivity contribution is 5.53. The number of alkyl halides is 3. The fourth-order valence-electron chi connectivity index (χ4n) is 1.94. The maximum atomic E-state index is 12.8. The van der Waals surface area contributed by atoms with Gasteiger partial charge in [0.1, 0.15) is 6.54 Å². The van der Waals surface area contributed by atoms with Gasteiger partial charge in [-0.15, -0.1) is 0 Å². The van der Waals surface area contributed by atoms with Crippen LogP contribution >= 0.6 is 0 Å². The van der Waals surface area contributed by atoms with Gasteiger partial charge in [-0.3, -0.25) is 4.98 Å². The molecule has 0 amide bonds. The van der Waals surface area contributed by atoms with Gasteiger partial charge in [0.05, 0.1) is 0 Å². The number of nitrogens with zero attached hydrogens (tertiary/aromatic N) is 2. The van der Waals surface area contributed by atoms with Crippen LogP contribution in [0.3, 0.4) is 0 Å². The first-order valence-corrected chi connectivity index (χ1v) is 7.01. The van der Waals surface area contributed by atoms with Crippen molar-refractivity contribution in [2.45, 2.75) is 58.9 Å². The number of hydrogen-bond donors (Lipinski definition) is 1. The van der Waals surface area contributed by atoms with Crippen molar-refractivity contribution in [3.8, 4) is 0 Å². The van der Waals surface area contributed by atoms with E-state index in [2.05, 4.69) is 10.3 Å². The summed E-state index contributed by atoms with van der Waals surface area (Å²) in [7, 11) is 0. The van der Waals surface area contributed by atoms with Crippen molar-refractivity contribution in [2.24, 2.45) is 0 Å². The van der Waals surface area contributed by atoms with Crippen molar-refractivity contribution in [1.29, 1.82) is 0 Å². The van der Waals surface area contributed by atoms with Gasteiger partial charge in [0.15, 0.2) is 0 Å². The standard InChI is InChI=1S/C15H24F3N3/c1-11(2)21(10-15(16,17)18)13-6-7-19-8-12(13)9-20-14(3,4)5/h6-8,11,20H,9-10H2,1-5H3. The van der Waals surface area contributed by atoms with Crippen LogP contribution in [0.4, 0.5) is 18.9 Å². The number of aromatic nitrogens is 1. The van der Waals surface area contributed by atoms with E-state index < -0.39 is 12.7 Å². The third-order valence-electron chi connectivity index (χ3n) is 2.97. The van der Waals surface area contributed by atoms with Crippen LogP contribution in [0.25, 0.3) is 0 Å². The lowest BCUT2D eigenvalue weighted by atomic mass is 10.1. The fourth-order valence-corrected chi connectivity index (χ4v) is 1.94. The van der Waals surface area contributed by atoms with Gasteiger partial charge in [-0.1, -0.05) is 0 Å². The molecular formula is C15H24F3N3. The van der Waals surface area contributed by atoms with Crippen molar-refractivity contribution in [3.63, 3.8) is 0 Å². The second-order valence-corrected chi connectivity index (χ2v) is 6.44. The average Bonchev–Trinajstić information content (AvgIpc) is 2.32. The number of halogens is 3. The Morgan fingerprint density at radius 1 is 1.24 bits per heavy atom. The molecule has 1 rings (SSSR count). The number of anilines is 1. The van der Waals surface area contributed by atoms with Crippen molar-refractivity contribution in [3.05, 3.63) is 24.0 Å². The molecule has 120 valence electrons. The SMILES string of the molecule is CC(C)N(CC(F)(F)F)c1ccncc1CNC(C)(C)C. The monoisotopic (exact) mass is 303 g/mol. The Hall–Kier alpha value is -1.30. The highest BCUT2D eigenvalue weighted by atomic mass is 19.4. The van der Waals surface area contributed by atoms with Gasteiger partial charge in [0.25, 0.3) is 0 Å². The van der Waals surface area contributed by atoms with Gasteiger partial charge in [0, 0.05) is 41.8 Å². The van der Waals surface area contributed by atoms with Crippen LogP contribution in [-0.4, -0.2) is 29.3 Å². The first kappa shape index (κ1) is 17.8. The topological polar surface area (TPSA) is 28.2 Å². The average molecular weight is 303 g/mol. The van der Waals surface area contributed by atoms with E-state index in [0.29, 0.717) is 12.2 Å². The minimum atomic E-state index is -4.23. The van der Waals surface area contributed by atoms with Gasteiger partial charge in [0.2, 0.25) is 0 Å². The van der Waals surface area contributed by atoms with Crippen molar-refractivity contribution >= 4 is 5.69 Å². The second kappa shape index (κ2) is 6.64. The number of pyridine rings is 1. The molecule has 0 spiro atoms. The number of rotatable bonds is 5. The molecule has 0 fully saturated rings. The van der Waals surface area contributed by atoms with E-state index in [9.17, 15) is 13.2 Å². The number of nitrogens with one attached hydrogen (secondary N) is 1. The maximum Gasteiger partial charge on any atom is 0.405 e. The molecule has 1 N–H and O–H groups in total. The van der Waals surface area contributed by atoms with Gasteiger partial charge >= 0.3 is 6.18 Å². The molecule has 6 heteroatoms. The largest absolute Gasteiger partial charge is 0.405 e. The summed E-state index contributed by atoms with van der Waals surface area (Å²) < 4.78 is 38.4. The summed E-state index contributed by atoms with van der Waals surface area (Å²) >= 11 is 0. The van der Waals surface area contributed by atoms with E-state index in [4.69, 9.17) is 0 Å². The molecule has 0 aliphatic rings. The highest BCUT2D eigenvalue weighted by Crippen LogP contribution is 2.27. The first-order chi connectivity index (χ1) is 9.49. The lowest BCUT2D eigenvalue weighted by molar-refractivity contribution is -0.120. The Morgan fingerprint density at radius 3 is 2.33 bits per heavy atom. The first-order valence-electron chi connectivity index (χ1n) is 7.01. The molecular weight excluding hydrogens is 279 g/mol. The van der Waals surface area contributed by atoms with Crippen LogP contribution in [0.5, 0.6) is 0 Å². The summed E-state index contributed by atoms with van der Waals surface area (Å²) in [5.41, 5.74) is 1.24. The molecule has 3 nitrogen and oxygen atoms in total. The second-order valence-electron chi connectivity index (χ2n) is 6.44. The van der Waals surface area contributed by atoms with E-state index in [1.807, 2.05) is 20.8 Å². The minimum absolute atomic E-state index is 0.111. The van der Waals surface area contributed by atoms with E-state index in [-0.39, 0.29) is 11.6 Å². The molecule has 0 unspecified atom stereocenters. The molecule has 0 bridgehead atoms. The summed E-state index contributed by atoms with van der Waals surface area (Å²) in [6, 6.07) is 1.40. The zero-order chi connectivity index (χ0) is 16.3. The predicted octanol–water partition coefficient (Wildman–Crippen LogP) is 3.75. The third kappa shape index (κ3) is 6.33. The molecule has 1 aromatic rings. The van der Waals surface area contributed by atoms with Crippen LogP contribution in [0.2, 0.25) is 0 Å². The lowest BCUT2D eigenvalue weighted by Gasteiger charge is -2.32. The Balaban J connectivity index is 3.03. The fraction of sp³-hybridized carbons (Fsp3) is 0.667. The molecule has 0 saturated carbocycles. The zero-order valence-corrected chi connectivity index (χ0v) is 13.3. The quantitative estimate of drug-likeness (QED) is 0.898. The molecule has 0 atom stereocenters. The molecule has 0 radical (unpaired) electrons. The summed E-state index contributed by atoms with van der Waals surface area (Å²) in [5, 5.41) is 3.29. The molecule has 21 heavy (non-hydrogen) atoms. The van der Waals surface area contributed by atoms with Crippen LogP contribution in [-0.2, 0) is 6.54 Å². The van der Waals surface area contributed by atoms with Crippen LogP contribution in [0, 0.1) is 0 Å². The number of hydrogen-bond acceptors (Lipinski definition) is 3. The normalized spacial score (nSPS) is 12.8. The molecule has 0 saturated heterocycles. The summed E-state index contributed by atoms with van der Waals surface area (Å²) in [4.78, 5) is 5.40. The third-order valence-corrected chi connectivity index (χ3v) is 2.97. The van der Waals surface area contributed by atoms with E-state index >= 15 is 0 Å². The zero-order valence-electron chi connectivity index (χ0n) is 13.3. The summed E-state index contributed by atoms with van der Waals surface area (Å²) in [6.45, 7) is 9.07. The lowest BCUT2D eigenvalue weighted by Crippen LogP contribution is -2.41. The molecule has 0 aromatic carbocycles. The summed E-state index contributed by atoms with van der Waals surface area (Å²) in [6.07, 6.45) is -1.08. The van der Waals surface area contributed by atoms with Gasteiger partial charge in [-0.2, -0.15) is 13.2 Å². The minimum Gasteiger partial charge on any atom is -0.360 e. The molecule has 1 heterocycles. The van der Waals surface area contributed by atoms with Gasteiger partial charge < -0.3 is 10.2 Å². The van der Waals surface area contributed by atoms with E-state index in [1.54, 1.807) is 26.1 Å². The molecule has 1 aromatic heterocycles.